The molecule has 2 rings (SSSR count). The van der Waals surface area contributed by atoms with E-state index in [1.165, 1.54) is 31.4 Å². The molecule has 0 aliphatic heterocycles. The Bertz CT molecular complexity index is 275. The first-order chi connectivity index (χ1) is 7.86. The van der Waals surface area contributed by atoms with Crippen molar-refractivity contribution < 1.29 is 0 Å². The van der Waals surface area contributed by atoms with Crippen molar-refractivity contribution in [2.45, 2.75) is 38.3 Å². The average Bonchev–Trinajstić information content (AvgIpc) is 2.96. The number of aromatic amines is 1. The van der Waals surface area contributed by atoms with Crippen molar-refractivity contribution in [1.29, 1.82) is 0 Å². The maximum atomic E-state index is 3.47. The van der Waals surface area contributed by atoms with Gasteiger partial charge in [-0.3, -0.25) is 0 Å². The predicted molar refractivity (Wildman–Crippen MR) is 67.4 cm³/mol. The van der Waals surface area contributed by atoms with Gasteiger partial charge in [-0.05, 0) is 32.0 Å². The summed E-state index contributed by atoms with van der Waals surface area (Å²) in [6.07, 6.45) is 7.61. The summed E-state index contributed by atoms with van der Waals surface area (Å²) < 4.78 is 0. The van der Waals surface area contributed by atoms with Crippen molar-refractivity contribution in [3.05, 3.63) is 24.0 Å². The Labute approximate surface area is 98.2 Å². The zero-order valence-corrected chi connectivity index (χ0v) is 10.2. The number of nitrogens with one attached hydrogen (secondary N) is 2. The van der Waals surface area contributed by atoms with Gasteiger partial charge in [-0.1, -0.05) is 12.8 Å². The van der Waals surface area contributed by atoms with Gasteiger partial charge in [0.1, 0.15) is 0 Å². The van der Waals surface area contributed by atoms with Crippen molar-refractivity contribution in [2.24, 2.45) is 0 Å². The van der Waals surface area contributed by atoms with E-state index >= 15 is 0 Å². The number of aromatic nitrogens is 1. The lowest BCUT2D eigenvalue weighted by Gasteiger charge is -2.23. The van der Waals surface area contributed by atoms with Crippen LogP contribution in [-0.4, -0.2) is 36.1 Å². The first-order valence-corrected chi connectivity index (χ1v) is 6.39. The van der Waals surface area contributed by atoms with Gasteiger partial charge in [-0.2, -0.15) is 0 Å². The largest absolute Gasteiger partial charge is 0.364 e. The second-order valence-corrected chi connectivity index (χ2v) is 4.79. The van der Waals surface area contributed by atoms with E-state index in [1.807, 2.05) is 12.3 Å². The van der Waals surface area contributed by atoms with Crippen molar-refractivity contribution in [1.82, 2.24) is 15.2 Å². The Morgan fingerprint density at radius 1 is 1.44 bits per heavy atom. The summed E-state index contributed by atoms with van der Waals surface area (Å²) in [6.45, 7) is 3.18. The minimum atomic E-state index is 0.840. The molecule has 1 saturated carbocycles. The molecule has 1 aliphatic rings. The summed E-state index contributed by atoms with van der Waals surface area (Å²) in [5, 5.41) is 3.47. The molecule has 16 heavy (non-hydrogen) atoms. The van der Waals surface area contributed by atoms with Crippen LogP contribution in [0, 0.1) is 0 Å². The number of nitrogens with zero attached hydrogens (tertiary/aromatic N) is 1. The summed E-state index contributed by atoms with van der Waals surface area (Å²) in [6, 6.07) is 5.00. The van der Waals surface area contributed by atoms with Crippen LogP contribution in [0.2, 0.25) is 0 Å². The lowest BCUT2D eigenvalue weighted by atomic mass is 10.2. The Morgan fingerprint density at radius 2 is 2.25 bits per heavy atom. The lowest BCUT2D eigenvalue weighted by molar-refractivity contribution is 0.245. The van der Waals surface area contributed by atoms with Gasteiger partial charge in [0.25, 0.3) is 0 Å². The van der Waals surface area contributed by atoms with E-state index in [1.54, 1.807) is 0 Å². The Morgan fingerprint density at radius 3 is 2.94 bits per heavy atom. The molecule has 3 nitrogen and oxygen atoms in total. The molecule has 0 bridgehead atoms. The van der Waals surface area contributed by atoms with Crippen molar-refractivity contribution in [3.63, 3.8) is 0 Å². The van der Waals surface area contributed by atoms with E-state index in [0.717, 1.165) is 25.7 Å². The molecule has 0 amide bonds. The van der Waals surface area contributed by atoms with Crippen LogP contribution in [0.5, 0.6) is 0 Å². The molecule has 0 unspecified atom stereocenters. The normalized spacial score (nSPS) is 17.4. The highest BCUT2D eigenvalue weighted by Gasteiger charge is 2.18. The second kappa shape index (κ2) is 6.06. The molecule has 1 heterocycles. The third-order valence-electron chi connectivity index (χ3n) is 3.57. The van der Waals surface area contributed by atoms with Gasteiger partial charge in [-0.15, -0.1) is 0 Å². The van der Waals surface area contributed by atoms with Gasteiger partial charge < -0.3 is 15.2 Å². The molecule has 1 aromatic rings. The summed E-state index contributed by atoms with van der Waals surface area (Å²) >= 11 is 0. The molecule has 90 valence electrons. The Kier molecular flexibility index (Phi) is 4.43. The Hall–Kier alpha value is -0.800. The zero-order chi connectivity index (χ0) is 11.2. The molecule has 0 radical (unpaired) electrons. The van der Waals surface area contributed by atoms with Crippen molar-refractivity contribution in [2.75, 3.05) is 20.1 Å². The number of hydrogen-bond acceptors (Lipinski definition) is 2. The standard InChI is InChI=1S/C13H23N3/c1-16(13-6-2-3-7-13)10-9-14-11-12-5-4-8-15-12/h4-5,8,13-15H,2-3,6-7,9-11H2,1H3. The van der Waals surface area contributed by atoms with E-state index in [9.17, 15) is 0 Å². The molecule has 0 atom stereocenters. The third kappa shape index (κ3) is 3.35. The number of H-pyrrole nitrogens is 1. The van der Waals surface area contributed by atoms with Gasteiger partial charge >= 0.3 is 0 Å². The second-order valence-electron chi connectivity index (χ2n) is 4.79. The van der Waals surface area contributed by atoms with Crippen LogP contribution in [-0.2, 0) is 6.54 Å². The number of hydrogen-bond donors (Lipinski definition) is 2. The molecular weight excluding hydrogens is 198 g/mol. The maximum absolute atomic E-state index is 3.47. The van der Waals surface area contributed by atoms with Crippen LogP contribution < -0.4 is 5.32 Å². The fraction of sp³-hybridized carbons (Fsp3) is 0.692. The lowest BCUT2D eigenvalue weighted by Crippen LogP contribution is -2.35. The van der Waals surface area contributed by atoms with E-state index in [4.69, 9.17) is 0 Å². The summed E-state index contributed by atoms with van der Waals surface area (Å²) in [7, 11) is 2.26. The fourth-order valence-corrected chi connectivity index (χ4v) is 2.48. The van der Waals surface area contributed by atoms with Crippen LogP contribution in [0.3, 0.4) is 0 Å². The molecule has 2 N–H and O–H groups in total. The molecule has 1 fully saturated rings. The quantitative estimate of drug-likeness (QED) is 0.720. The molecule has 3 heteroatoms. The highest BCUT2D eigenvalue weighted by atomic mass is 15.1. The molecule has 1 aromatic heterocycles. The van der Waals surface area contributed by atoms with Gasteiger partial charge in [0.05, 0.1) is 0 Å². The van der Waals surface area contributed by atoms with E-state index in [-0.39, 0.29) is 0 Å². The fourth-order valence-electron chi connectivity index (χ4n) is 2.48. The molecular formula is C13H23N3. The monoisotopic (exact) mass is 221 g/mol. The van der Waals surface area contributed by atoms with Crippen LogP contribution in [0.4, 0.5) is 0 Å². The molecule has 0 saturated heterocycles. The van der Waals surface area contributed by atoms with E-state index < -0.39 is 0 Å². The van der Waals surface area contributed by atoms with E-state index in [0.29, 0.717) is 0 Å². The van der Waals surface area contributed by atoms with Crippen LogP contribution in [0.1, 0.15) is 31.4 Å². The summed E-state index contributed by atoms with van der Waals surface area (Å²) in [5.41, 5.74) is 1.27. The van der Waals surface area contributed by atoms with Gasteiger partial charge in [0, 0.05) is 37.6 Å². The SMILES string of the molecule is CN(CCNCc1ccc[nH]1)C1CCCC1. The summed E-state index contributed by atoms with van der Waals surface area (Å²) in [4.78, 5) is 5.71. The topological polar surface area (TPSA) is 31.1 Å². The summed E-state index contributed by atoms with van der Waals surface area (Å²) in [5.74, 6) is 0. The smallest absolute Gasteiger partial charge is 0.0357 e. The molecule has 0 aromatic carbocycles. The number of likely N-dealkylation sites (N-methyl/N-ethyl adjacent to an activating group) is 1. The molecule has 0 spiro atoms. The van der Waals surface area contributed by atoms with Gasteiger partial charge in [-0.25, -0.2) is 0 Å². The van der Waals surface area contributed by atoms with Crippen LogP contribution >= 0.6 is 0 Å². The van der Waals surface area contributed by atoms with Gasteiger partial charge in [0.2, 0.25) is 0 Å². The van der Waals surface area contributed by atoms with E-state index in [2.05, 4.69) is 28.3 Å². The average molecular weight is 221 g/mol. The minimum absolute atomic E-state index is 0.840. The highest BCUT2D eigenvalue weighted by Crippen LogP contribution is 2.21. The first-order valence-electron chi connectivity index (χ1n) is 6.39. The first kappa shape index (κ1) is 11.7. The maximum Gasteiger partial charge on any atom is 0.0357 e. The van der Waals surface area contributed by atoms with Crippen LogP contribution in [0.15, 0.2) is 18.3 Å². The van der Waals surface area contributed by atoms with Crippen molar-refractivity contribution in [3.8, 4) is 0 Å². The zero-order valence-electron chi connectivity index (χ0n) is 10.2. The Balaban J connectivity index is 1.57. The van der Waals surface area contributed by atoms with Crippen LogP contribution in [0.25, 0.3) is 0 Å². The number of rotatable bonds is 6. The predicted octanol–water partition coefficient (Wildman–Crippen LogP) is 1.98. The van der Waals surface area contributed by atoms with Crippen molar-refractivity contribution >= 4 is 0 Å². The third-order valence-corrected chi connectivity index (χ3v) is 3.57. The highest BCUT2D eigenvalue weighted by molar-refractivity contribution is 5.02. The van der Waals surface area contributed by atoms with Gasteiger partial charge in [0.15, 0.2) is 0 Å². The molecule has 1 aliphatic carbocycles. The minimum Gasteiger partial charge on any atom is -0.364 e.